The first-order valence-electron chi connectivity index (χ1n) is 10.3. The molecule has 4 heterocycles. The third kappa shape index (κ3) is 3.81. The minimum absolute atomic E-state index is 0.0296. The molecule has 1 spiro atoms. The summed E-state index contributed by atoms with van der Waals surface area (Å²) in [4.78, 5) is 28.9. The van der Waals surface area contributed by atoms with Crippen LogP contribution in [0.3, 0.4) is 0 Å². The molecule has 0 radical (unpaired) electrons. The molecule has 3 saturated heterocycles. The number of thioether (sulfide) groups is 1. The molecule has 3 fully saturated rings. The van der Waals surface area contributed by atoms with Crippen LogP contribution in [0.25, 0.3) is 0 Å². The molecule has 7 nitrogen and oxygen atoms in total. The third-order valence-electron chi connectivity index (χ3n) is 5.95. The molecule has 28 heavy (non-hydrogen) atoms. The lowest BCUT2D eigenvalue weighted by Crippen LogP contribution is -2.60. The lowest BCUT2D eigenvalue weighted by molar-refractivity contribution is -0.136. The number of carbonyl (C=O) groups is 2. The third-order valence-corrected chi connectivity index (χ3v) is 7.52. The predicted molar refractivity (Wildman–Crippen MR) is 106 cm³/mol. The second-order valence-corrected chi connectivity index (χ2v) is 9.68. The number of rotatable bonds is 6. The zero-order valence-electron chi connectivity index (χ0n) is 16.7. The highest BCUT2D eigenvalue weighted by Crippen LogP contribution is 2.46. The fraction of sp³-hybridized carbons (Fsp3) is 0.750. The van der Waals surface area contributed by atoms with Gasteiger partial charge in [-0.3, -0.25) is 9.59 Å². The number of likely N-dealkylation sites (tertiary alicyclic amines) is 2. The van der Waals surface area contributed by atoms with E-state index in [0.29, 0.717) is 17.0 Å². The van der Waals surface area contributed by atoms with Crippen LogP contribution >= 0.6 is 11.8 Å². The van der Waals surface area contributed by atoms with E-state index in [1.807, 2.05) is 28.5 Å². The molecule has 3 aliphatic rings. The topological polar surface area (TPSA) is 75.9 Å². The first-order chi connectivity index (χ1) is 13.5. The first kappa shape index (κ1) is 19.8. The van der Waals surface area contributed by atoms with Gasteiger partial charge in [0.15, 0.2) is 0 Å². The van der Waals surface area contributed by atoms with Crippen molar-refractivity contribution in [1.29, 1.82) is 0 Å². The number of hydrogen-bond donors (Lipinski definition) is 0. The summed E-state index contributed by atoms with van der Waals surface area (Å²) in [6.45, 7) is 7.27. The van der Waals surface area contributed by atoms with Crippen molar-refractivity contribution in [3.8, 4) is 0 Å². The Labute approximate surface area is 170 Å². The molecule has 0 aromatic carbocycles. The van der Waals surface area contributed by atoms with E-state index in [2.05, 4.69) is 12.1 Å². The number of carbonyl (C=O) groups excluding carboxylic acids is 2. The van der Waals surface area contributed by atoms with Crippen LogP contribution in [0.5, 0.6) is 0 Å². The monoisotopic (exact) mass is 407 g/mol. The second-order valence-electron chi connectivity index (χ2n) is 8.20. The van der Waals surface area contributed by atoms with E-state index in [9.17, 15) is 9.59 Å². The first-order valence-corrected chi connectivity index (χ1v) is 11.3. The summed E-state index contributed by atoms with van der Waals surface area (Å²) in [6.07, 6.45) is 4.86. The van der Waals surface area contributed by atoms with Crippen molar-refractivity contribution in [3.05, 3.63) is 17.0 Å². The highest BCUT2D eigenvalue weighted by atomic mass is 32.2. The minimum Gasteiger partial charge on any atom is -0.367 e. The van der Waals surface area contributed by atoms with Crippen LogP contribution in [-0.2, 0) is 16.0 Å². The Hall–Kier alpha value is -1.54. The number of aromatic nitrogens is 1. The quantitative estimate of drug-likeness (QED) is 0.720. The van der Waals surface area contributed by atoms with Gasteiger partial charge in [0.1, 0.15) is 17.9 Å². The number of nitrogens with zero attached hydrogens (tertiary/aromatic N) is 3. The van der Waals surface area contributed by atoms with E-state index < -0.39 is 0 Å². The molecule has 4 rings (SSSR count). The van der Waals surface area contributed by atoms with Crippen LogP contribution < -0.4 is 0 Å². The molecule has 1 aromatic rings. The normalized spacial score (nSPS) is 23.4. The lowest BCUT2D eigenvalue weighted by Gasteiger charge is -2.47. The smallest absolute Gasteiger partial charge is 0.259 e. The molecule has 2 amide bonds. The molecule has 8 heteroatoms. The van der Waals surface area contributed by atoms with Crippen molar-refractivity contribution >= 4 is 23.6 Å². The zero-order valence-corrected chi connectivity index (χ0v) is 17.6. The van der Waals surface area contributed by atoms with Crippen molar-refractivity contribution in [2.45, 2.75) is 56.8 Å². The van der Waals surface area contributed by atoms with Crippen molar-refractivity contribution < 1.29 is 18.8 Å². The van der Waals surface area contributed by atoms with E-state index in [4.69, 9.17) is 9.26 Å². The Balaban J connectivity index is 1.27. The zero-order chi connectivity index (χ0) is 19.7. The van der Waals surface area contributed by atoms with Crippen molar-refractivity contribution in [3.63, 3.8) is 0 Å². The van der Waals surface area contributed by atoms with E-state index in [1.165, 1.54) is 0 Å². The van der Waals surface area contributed by atoms with Crippen LogP contribution in [0.1, 0.15) is 54.4 Å². The summed E-state index contributed by atoms with van der Waals surface area (Å²) in [5.41, 5.74) is 1.32. The Morgan fingerprint density at radius 1 is 1.29 bits per heavy atom. The summed E-state index contributed by atoms with van der Waals surface area (Å²) >= 11 is 1.88. The summed E-state index contributed by atoms with van der Waals surface area (Å²) in [6, 6.07) is 0. The van der Waals surface area contributed by atoms with Crippen LogP contribution in [0.15, 0.2) is 4.52 Å². The van der Waals surface area contributed by atoms with Crippen LogP contribution in [0, 0.1) is 6.92 Å². The van der Waals surface area contributed by atoms with Crippen molar-refractivity contribution in [2.24, 2.45) is 0 Å². The van der Waals surface area contributed by atoms with E-state index >= 15 is 0 Å². The molecular formula is C20H29N3O4S. The summed E-state index contributed by atoms with van der Waals surface area (Å²) in [5, 5.41) is 3.99. The Kier molecular flexibility index (Phi) is 5.69. The van der Waals surface area contributed by atoms with Crippen LogP contribution in [0.2, 0.25) is 0 Å². The molecule has 154 valence electrons. The number of amides is 2. The summed E-state index contributed by atoms with van der Waals surface area (Å²) in [5.74, 6) is 1.73. The Morgan fingerprint density at radius 2 is 2.04 bits per heavy atom. The summed E-state index contributed by atoms with van der Waals surface area (Å²) < 4.78 is 11.3. The Morgan fingerprint density at radius 3 is 2.75 bits per heavy atom. The van der Waals surface area contributed by atoms with Crippen LogP contribution in [0.4, 0.5) is 0 Å². The van der Waals surface area contributed by atoms with E-state index in [-0.39, 0.29) is 29.3 Å². The van der Waals surface area contributed by atoms with Gasteiger partial charge >= 0.3 is 0 Å². The largest absolute Gasteiger partial charge is 0.367 e. The molecule has 1 atom stereocenters. The Bertz CT molecular complexity index is 738. The fourth-order valence-corrected chi connectivity index (χ4v) is 5.97. The van der Waals surface area contributed by atoms with Gasteiger partial charge < -0.3 is 19.1 Å². The average Bonchev–Trinajstić information content (AvgIpc) is 3.38. The molecular weight excluding hydrogens is 378 g/mol. The highest BCUT2D eigenvalue weighted by molar-refractivity contribution is 8.01. The minimum atomic E-state index is 0.0296. The SMILES string of the molecule is CCCc1onc(C)c1C(=O)N1CC2(C[C@@H](OCC(=O)N3CCCC3)CS2)C1. The van der Waals surface area contributed by atoms with Crippen LogP contribution in [-0.4, -0.2) is 76.2 Å². The standard InChI is InChI=1S/C20H29N3O4S/c1-3-6-16-18(14(2)21-27-16)19(25)23-12-20(13-23)9-15(11-28-20)26-10-17(24)22-7-4-5-8-22/h15H,3-13H2,1-2H3/t15-/m1/s1. The molecule has 1 aromatic heterocycles. The van der Waals surface area contributed by atoms with Gasteiger partial charge in [-0.25, -0.2) is 0 Å². The lowest BCUT2D eigenvalue weighted by atomic mass is 9.92. The van der Waals surface area contributed by atoms with Crippen molar-refractivity contribution in [1.82, 2.24) is 15.0 Å². The van der Waals surface area contributed by atoms with Crippen molar-refractivity contribution in [2.75, 3.05) is 38.5 Å². The predicted octanol–water partition coefficient (Wildman–Crippen LogP) is 2.27. The molecule has 0 saturated carbocycles. The van der Waals surface area contributed by atoms with Gasteiger partial charge in [0.05, 0.1) is 16.5 Å². The number of hydrogen-bond acceptors (Lipinski definition) is 6. The molecule has 0 aliphatic carbocycles. The van der Waals surface area contributed by atoms with Gasteiger partial charge in [-0.2, -0.15) is 0 Å². The number of ether oxygens (including phenoxy) is 1. The second kappa shape index (κ2) is 8.06. The van der Waals surface area contributed by atoms with Gasteiger partial charge in [0.2, 0.25) is 5.91 Å². The highest BCUT2D eigenvalue weighted by Gasteiger charge is 2.51. The fourth-order valence-electron chi connectivity index (χ4n) is 4.42. The van der Waals surface area contributed by atoms with E-state index in [0.717, 1.165) is 64.0 Å². The maximum Gasteiger partial charge on any atom is 0.259 e. The molecule has 3 aliphatic heterocycles. The average molecular weight is 408 g/mol. The van der Waals surface area contributed by atoms with Gasteiger partial charge in [-0.05, 0) is 32.6 Å². The molecule has 0 N–H and O–H groups in total. The van der Waals surface area contributed by atoms with Gasteiger partial charge in [0, 0.05) is 38.4 Å². The van der Waals surface area contributed by atoms with Gasteiger partial charge in [-0.15, -0.1) is 11.8 Å². The molecule has 0 unspecified atom stereocenters. The maximum atomic E-state index is 12.9. The van der Waals surface area contributed by atoms with Gasteiger partial charge in [0.25, 0.3) is 5.91 Å². The van der Waals surface area contributed by atoms with E-state index in [1.54, 1.807) is 0 Å². The summed E-state index contributed by atoms with van der Waals surface area (Å²) in [7, 11) is 0. The van der Waals surface area contributed by atoms with Gasteiger partial charge in [-0.1, -0.05) is 12.1 Å². The molecule has 0 bridgehead atoms. The maximum absolute atomic E-state index is 12.9. The number of aryl methyl sites for hydroxylation is 2.